The van der Waals surface area contributed by atoms with Gasteiger partial charge in [0.1, 0.15) is 17.2 Å². The average Bonchev–Trinajstić information content (AvgIpc) is 3.24. The normalized spacial score (nSPS) is 14.6. The van der Waals surface area contributed by atoms with Crippen molar-refractivity contribution < 1.29 is 19.1 Å². The zero-order valence-corrected chi connectivity index (χ0v) is 22.2. The summed E-state index contributed by atoms with van der Waals surface area (Å²) in [5, 5.41) is 6.57. The topological polar surface area (TPSA) is 104 Å². The number of rotatable bonds is 6. The summed E-state index contributed by atoms with van der Waals surface area (Å²) < 4.78 is 5.33. The summed E-state index contributed by atoms with van der Waals surface area (Å²) in [7, 11) is 0. The fourth-order valence-corrected chi connectivity index (χ4v) is 4.58. The molecule has 1 aliphatic rings. The van der Waals surface area contributed by atoms with Crippen LogP contribution >= 0.6 is 0 Å². The molecular weight excluding hydrogens is 468 g/mol. The number of aromatic amines is 1. The SMILES string of the molecule is CC(C)(C)OC(=O)NC(C)(C)C(=O)N[C@H](Cc1c[nH]c2ccccc12)C(=O)N1CCc2ccccc2C1. The summed E-state index contributed by atoms with van der Waals surface area (Å²) in [6.07, 6.45) is 2.27. The van der Waals surface area contributed by atoms with E-state index in [1.807, 2.05) is 48.7 Å². The Kier molecular flexibility index (Phi) is 7.30. The maximum Gasteiger partial charge on any atom is 0.408 e. The van der Waals surface area contributed by atoms with E-state index >= 15 is 0 Å². The molecule has 37 heavy (non-hydrogen) atoms. The average molecular weight is 505 g/mol. The van der Waals surface area contributed by atoms with Crippen LogP contribution in [-0.4, -0.2) is 51.5 Å². The van der Waals surface area contributed by atoms with Gasteiger partial charge in [0.25, 0.3) is 0 Å². The highest BCUT2D eigenvalue weighted by atomic mass is 16.6. The highest BCUT2D eigenvalue weighted by Gasteiger charge is 2.36. The van der Waals surface area contributed by atoms with Crippen LogP contribution in [0, 0.1) is 0 Å². The summed E-state index contributed by atoms with van der Waals surface area (Å²) in [5.41, 5.74) is 2.26. The van der Waals surface area contributed by atoms with Crippen molar-refractivity contribution in [2.75, 3.05) is 6.54 Å². The number of H-pyrrole nitrogens is 1. The Morgan fingerprint density at radius 1 is 1.00 bits per heavy atom. The third-order valence-corrected chi connectivity index (χ3v) is 6.53. The number of hydrogen-bond acceptors (Lipinski definition) is 4. The summed E-state index contributed by atoms with van der Waals surface area (Å²) in [6, 6.07) is 15.2. The van der Waals surface area contributed by atoms with Crippen molar-refractivity contribution in [1.29, 1.82) is 0 Å². The third kappa shape index (κ3) is 6.31. The monoisotopic (exact) mass is 504 g/mol. The molecule has 4 rings (SSSR count). The summed E-state index contributed by atoms with van der Waals surface area (Å²) >= 11 is 0. The quantitative estimate of drug-likeness (QED) is 0.471. The van der Waals surface area contributed by atoms with Gasteiger partial charge in [-0.15, -0.1) is 0 Å². The molecule has 0 bridgehead atoms. The number of carbonyl (C=O) groups excluding carboxylic acids is 3. The van der Waals surface area contributed by atoms with Crippen molar-refractivity contribution in [2.24, 2.45) is 0 Å². The minimum atomic E-state index is -1.30. The van der Waals surface area contributed by atoms with Crippen LogP contribution < -0.4 is 10.6 Å². The van der Waals surface area contributed by atoms with Crippen molar-refractivity contribution in [1.82, 2.24) is 20.5 Å². The number of nitrogens with one attached hydrogen (secondary N) is 3. The van der Waals surface area contributed by atoms with E-state index in [0.29, 0.717) is 19.5 Å². The zero-order chi connectivity index (χ0) is 26.8. The number of benzene rings is 2. The molecule has 0 radical (unpaired) electrons. The summed E-state index contributed by atoms with van der Waals surface area (Å²) in [5.74, 6) is -0.616. The number of amides is 3. The van der Waals surface area contributed by atoms with Gasteiger partial charge in [-0.2, -0.15) is 0 Å². The number of carbonyl (C=O) groups is 3. The van der Waals surface area contributed by atoms with E-state index in [1.54, 1.807) is 39.5 Å². The smallest absolute Gasteiger partial charge is 0.408 e. The maximum absolute atomic E-state index is 13.8. The molecule has 0 saturated carbocycles. The predicted molar refractivity (Wildman–Crippen MR) is 143 cm³/mol. The van der Waals surface area contributed by atoms with Crippen LogP contribution in [0.5, 0.6) is 0 Å². The molecule has 0 saturated heterocycles. The fraction of sp³-hybridized carbons (Fsp3) is 0.414. The van der Waals surface area contributed by atoms with Gasteiger partial charge in [0.05, 0.1) is 0 Å². The minimum Gasteiger partial charge on any atom is -0.444 e. The number of fused-ring (bicyclic) bond motifs is 2. The third-order valence-electron chi connectivity index (χ3n) is 6.53. The highest BCUT2D eigenvalue weighted by Crippen LogP contribution is 2.23. The molecule has 196 valence electrons. The minimum absolute atomic E-state index is 0.152. The summed E-state index contributed by atoms with van der Waals surface area (Å²) in [4.78, 5) is 44.6. The van der Waals surface area contributed by atoms with Gasteiger partial charge in [0.15, 0.2) is 0 Å². The van der Waals surface area contributed by atoms with Crippen molar-refractivity contribution in [3.05, 3.63) is 71.4 Å². The number of para-hydroxylation sites is 1. The lowest BCUT2D eigenvalue weighted by Crippen LogP contribution is -2.60. The van der Waals surface area contributed by atoms with Gasteiger partial charge in [0.2, 0.25) is 11.8 Å². The second kappa shape index (κ2) is 10.3. The lowest BCUT2D eigenvalue weighted by Gasteiger charge is -2.34. The van der Waals surface area contributed by atoms with Gasteiger partial charge in [-0.3, -0.25) is 9.59 Å². The number of nitrogens with zero attached hydrogens (tertiary/aromatic N) is 1. The summed E-state index contributed by atoms with van der Waals surface area (Å²) in [6.45, 7) is 9.53. The second-order valence-electron chi connectivity index (χ2n) is 11.1. The number of ether oxygens (including phenoxy) is 1. The van der Waals surface area contributed by atoms with Gasteiger partial charge in [-0.1, -0.05) is 42.5 Å². The van der Waals surface area contributed by atoms with Crippen LogP contribution in [0.3, 0.4) is 0 Å². The fourth-order valence-electron chi connectivity index (χ4n) is 4.58. The van der Waals surface area contributed by atoms with E-state index in [1.165, 1.54) is 5.56 Å². The molecule has 1 atom stereocenters. The van der Waals surface area contributed by atoms with Gasteiger partial charge in [0, 0.05) is 36.6 Å². The van der Waals surface area contributed by atoms with Crippen LogP contribution in [0.25, 0.3) is 10.9 Å². The Labute approximate surface area is 217 Å². The molecule has 1 aliphatic heterocycles. The number of aromatic nitrogens is 1. The molecule has 1 aromatic heterocycles. The van der Waals surface area contributed by atoms with Crippen molar-refractivity contribution in [2.45, 2.75) is 71.2 Å². The van der Waals surface area contributed by atoms with Crippen molar-refractivity contribution in [3.8, 4) is 0 Å². The molecule has 3 aromatic rings. The van der Waals surface area contributed by atoms with E-state index in [2.05, 4.69) is 21.7 Å². The van der Waals surface area contributed by atoms with Gasteiger partial charge in [-0.25, -0.2) is 4.79 Å². The molecule has 2 aromatic carbocycles. The Balaban J connectivity index is 1.56. The lowest BCUT2D eigenvalue weighted by atomic mass is 9.97. The van der Waals surface area contributed by atoms with Crippen LogP contribution in [-0.2, 0) is 33.7 Å². The Hall–Kier alpha value is -3.81. The van der Waals surface area contributed by atoms with Crippen LogP contribution in [0.2, 0.25) is 0 Å². The lowest BCUT2D eigenvalue weighted by molar-refractivity contribution is -0.138. The first-order valence-electron chi connectivity index (χ1n) is 12.7. The predicted octanol–water partition coefficient (Wildman–Crippen LogP) is 4.08. The maximum atomic E-state index is 13.8. The molecule has 0 fully saturated rings. The molecule has 3 N–H and O–H groups in total. The van der Waals surface area contributed by atoms with Gasteiger partial charge < -0.3 is 25.3 Å². The Bertz CT molecular complexity index is 1300. The first-order chi connectivity index (χ1) is 17.4. The van der Waals surface area contributed by atoms with Gasteiger partial charge >= 0.3 is 6.09 Å². The van der Waals surface area contributed by atoms with E-state index in [4.69, 9.17) is 4.74 Å². The standard InChI is InChI=1S/C29H36N4O4/c1-28(2,3)37-27(36)32-29(4,5)26(35)31-24(16-21-17-30-23-13-9-8-12-22(21)23)25(34)33-15-14-19-10-6-7-11-20(19)18-33/h6-13,17,24,30H,14-16,18H2,1-5H3,(H,31,35)(H,32,36)/t24-/m1/s1. The molecule has 8 nitrogen and oxygen atoms in total. The van der Waals surface area contributed by atoms with E-state index in [9.17, 15) is 14.4 Å². The van der Waals surface area contributed by atoms with Crippen LogP contribution in [0.1, 0.15) is 51.3 Å². The number of alkyl carbamates (subject to hydrolysis) is 1. The molecule has 0 spiro atoms. The molecule has 8 heteroatoms. The van der Waals surface area contributed by atoms with E-state index < -0.39 is 29.2 Å². The van der Waals surface area contributed by atoms with Crippen LogP contribution in [0.15, 0.2) is 54.7 Å². The van der Waals surface area contributed by atoms with E-state index in [0.717, 1.165) is 28.5 Å². The molecular formula is C29H36N4O4. The molecule has 2 heterocycles. The van der Waals surface area contributed by atoms with Crippen LogP contribution in [0.4, 0.5) is 4.79 Å². The molecule has 0 unspecified atom stereocenters. The zero-order valence-electron chi connectivity index (χ0n) is 22.2. The van der Waals surface area contributed by atoms with Gasteiger partial charge in [-0.05, 0) is 63.8 Å². The van der Waals surface area contributed by atoms with Crippen molar-refractivity contribution in [3.63, 3.8) is 0 Å². The molecule has 3 amide bonds. The van der Waals surface area contributed by atoms with Crippen molar-refractivity contribution >= 4 is 28.8 Å². The van der Waals surface area contributed by atoms with E-state index in [-0.39, 0.29) is 5.91 Å². The highest BCUT2D eigenvalue weighted by molar-refractivity contribution is 5.94. The Morgan fingerprint density at radius 3 is 2.41 bits per heavy atom. The second-order valence-corrected chi connectivity index (χ2v) is 11.1. The largest absolute Gasteiger partial charge is 0.444 e. The first kappa shape index (κ1) is 26.3. The number of hydrogen-bond donors (Lipinski definition) is 3. The Morgan fingerprint density at radius 2 is 1.68 bits per heavy atom. The first-order valence-corrected chi connectivity index (χ1v) is 12.7. The molecule has 0 aliphatic carbocycles.